The summed E-state index contributed by atoms with van der Waals surface area (Å²) < 4.78 is 0. The molecule has 15 heteroatoms. The molecule has 0 aliphatic rings. The van der Waals surface area contributed by atoms with Gasteiger partial charge in [0.25, 0.3) is 0 Å². The highest BCUT2D eigenvalue weighted by Gasteiger charge is 2.32. The topological polar surface area (TPSA) is 280 Å². The van der Waals surface area contributed by atoms with Gasteiger partial charge in [-0.1, -0.05) is 13.8 Å². The maximum atomic E-state index is 12.8. The van der Waals surface area contributed by atoms with Crippen LogP contribution >= 0.6 is 0 Å². The summed E-state index contributed by atoms with van der Waals surface area (Å²) in [5.41, 5.74) is 20.7. The Kier molecular flexibility index (Phi) is 12.8. The quantitative estimate of drug-likeness (QED) is 0.105. The van der Waals surface area contributed by atoms with E-state index >= 15 is 0 Å². The maximum Gasteiger partial charge on any atom is 0.326 e. The number of aliphatic carboxylic acids is 1. The van der Waals surface area contributed by atoms with Crippen LogP contribution in [0.5, 0.6) is 0 Å². The van der Waals surface area contributed by atoms with Crippen LogP contribution in [0, 0.1) is 5.92 Å². The molecular weight excluding hydrogens is 454 g/mol. The van der Waals surface area contributed by atoms with E-state index in [0.29, 0.717) is 0 Å². The zero-order valence-corrected chi connectivity index (χ0v) is 19.0. The Morgan fingerprint density at radius 1 is 0.706 bits per heavy atom. The van der Waals surface area contributed by atoms with Crippen molar-refractivity contribution in [2.45, 2.75) is 70.1 Å². The number of nitrogens with one attached hydrogen (secondary N) is 3. The summed E-state index contributed by atoms with van der Waals surface area (Å²) in [5, 5.41) is 16.2. The summed E-state index contributed by atoms with van der Waals surface area (Å²) in [5.74, 6) is -6.92. The van der Waals surface area contributed by atoms with E-state index in [-0.39, 0.29) is 25.7 Å². The molecule has 0 aromatic carbocycles. The van der Waals surface area contributed by atoms with Crippen LogP contribution in [-0.4, -0.2) is 70.7 Å². The Balaban J connectivity index is 5.50. The van der Waals surface area contributed by atoms with Gasteiger partial charge >= 0.3 is 5.97 Å². The highest BCUT2D eigenvalue weighted by molar-refractivity contribution is 5.95. The number of hydrogen-bond acceptors (Lipinski definition) is 8. The standard InChI is InChI=1S/C19H33N7O8/c1-8(2)15(18(32)25-11(19(33)34)4-6-13(22)28)26-17(31)10(3-5-12(21)27)24-16(30)9(20)7-14(23)29/h8-11,15H,3-7,20H2,1-2H3,(H2,21,27)(H2,22,28)(H2,23,29)(H,24,30)(H,25,32)(H,26,31)(H,33,34). The molecule has 0 heterocycles. The SMILES string of the molecule is CC(C)C(NC(=O)C(CCC(N)=O)NC(=O)C(N)CC(N)=O)C(=O)NC(CCC(N)=O)C(=O)O. The minimum Gasteiger partial charge on any atom is -0.480 e. The number of carbonyl (C=O) groups excluding carboxylic acids is 6. The van der Waals surface area contributed by atoms with Crippen molar-refractivity contribution in [3.63, 3.8) is 0 Å². The fourth-order valence-corrected chi connectivity index (χ4v) is 2.74. The molecule has 6 amide bonds. The predicted octanol–water partition coefficient (Wildman–Crippen LogP) is -4.08. The van der Waals surface area contributed by atoms with Gasteiger partial charge in [0.05, 0.1) is 12.5 Å². The van der Waals surface area contributed by atoms with Crippen LogP contribution in [0.3, 0.4) is 0 Å². The van der Waals surface area contributed by atoms with E-state index in [1.165, 1.54) is 0 Å². The van der Waals surface area contributed by atoms with Crippen molar-refractivity contribution in [1.29, 1.82) is 0 Å². The second kappa shape index (κ2) is 14.4. The molecule has 0 spiro atoms. The van der Waals surface area contributed by atoms with Crippen LogP contribution in [0.2, 0.25) is 0 Å². The van der Waals surface area contributed by atoms with Crippen molar-refractivity contribution < 1.29 is 38.7 Å². The van der Waals surface area contributed by atoms with Gasteiger partial charge in [0, 0.05) is 12.8 Å². The minimum absolute atomic E-state index is 0.237. The van der Waals surface area contributed by atoms with Crippen LogP contribution in [0.1, 0.15) is 46.0 Å². The van der Waals surface area contributed by atoms with Crippen molar-refractivity contribution in [1.82, 2.24) is 16.0 Å². The molecule has 0 bridgehead atoms. The monoisotopic (exact) mass is 487 g/mol. The summed E-state index contributed by atoms with van der Waals surface area (Å²) in [6, 6.07) is -5.38. The van der Waals surface area contributed by atoms with Crippen LogP contribution in [0.4, 0.5) is 0 Å². The molecular formula is C19H33N7O8. The van der Waals surface area contributed by atoms with Gasteiger partial charge in [-0.25, -0.2) is 4.79 Å². The number of hydrogen-bond donors (Lipinski definition) is 8. The van der Waals surface area contributed by atoms with Gasteiger partial charge in [0.1, 0.15) is 18.1 Å². The average molecular weight is 488 g/mol. The van der Waals surface area contributed by atoms with Gasteiger partial charge in [-0.15, -0.1) is 0 Å². The minimum atomic E-state index is -1.43. The first-order valence-electron chi connectivity index (χ1n) is 10.4. The fourth-order valence-electron chi connectivity index (χ4n) is 2.74. The number of rotatable bonds is 16. The van der Waals surface area contributed by atoms with Gasteiger partial charge in [-0.05, 0) is 18.8 Å². The molecule has 0 aliphatic heterocycles. The van der Waals surface area contributed by atoms with E-state index in [2.05, 4.69) is 16.0 Å². The van der Waals surface area contributed by atoms with Crippen LogP contribution in [0.25, 0.3) is 0 Å². The Morgan fingerprint density at radius 3 is 1.59 bits per heavy atom. The number of primary amides is 3. The van der Waals surface area contributed by atoms with Gasteiger partial charge in [-0.3, -0.25) is 28.8 Å². The molecule has 4 atom stereocenters. The molecule has 0 radical (unpaired) electrons. The number of nitrogens with two attached hydrogens (primary N) is 4. The third-order valence-corrected chi connectivity index (χ3v) is 4.61. The number of carbonyl (C=O) groups is 7. The first-order valence-corrected chi connectivity index (χ1v) is 10.4. The summed E-state index contributed by atoms with van der Waals surface area (Å²) >= 11 is 0. The van der Waals surface area contributed by atoms with Crippen molar-refractivity contribution in [3.8, 4) is 0 Å². The van der Waals surface area contributed by atoms with Crippen molar-refractivity contribution in [2.24, 2.45) is 28.9 Å². The molecule has 15 nitrogen and oxygen atoms in total. The van der Waals surface area contributed by atoms with Crippen molar-refractivity contribution in [2.75, 3.05) is 0 Å². The molecule has 34 heavy (non-hydrogen) atoms. The zero-order valence-electron chi connectivity index (χ0n) is 19.0. The molecule has 0 aromatic heterocycles. The van der Waals surface area contributed by atoms with E-state index in [1.807, 2.05) is 0 Å². The third kappa shape index (κ3) is 11.8. The van der Waals surface area contributed by atoms with Crippen molar-refractivity contribution >= 4 is 41.4 Å². The molecule has 12 N–H and O–H groups in total. The highest BCUT2D eigenvalue weighted by Crippen LogP contribution is 2.07. The summed E-state index contributed by atoms with van der Waals surface area (Å²) in [6.45, 7) is 3.15. The molecule has 0 saturated carbocycles. The molecule has 192 valence electrons. The molecule has 0 aromatic rings. The Bertz CT molecular complexity index is 802. The van der Waals surface area contributed by atoms with Gasteiger partial charge in [-0.2, -0.15) is 0 Å². The lowest BCUT2D eigenvalue weighted by molar-refractivity contribution is -0.143. The van der Waals surface area contributed by atoms with E-state index in [4.69, 9.17) is 22.9 Å². The lowest BCUT2D eigenvalue weighted by Crippen LogP contribution is -2.58. The fraction of sp³-hybridized carbons (Fsp3) is 0.632. The first-order chi connectivity index (χ1) is 15.6. The number of carboxylic acid groups (broad SMARTS) is 1. The zero-order chi connectivity index (χ0) is 26.6. The largest absolute Gasteiger partial charge is 0.480 e. The van der Waals surface area contributed by atoms with E-state index in [1.54, 1.807) is 13.8 Å². The Morgan fingerprint density at radius 2 is 1.18 bits per heavy atom. The smallest absolute Gasteiger partial charge is 0.326 e. The lowest BCUT2D eigenvalue weighted by atomic mass is 10.0. The molecule has 0 aliphatic carbocycles. The van der Waals surface area contributed by atoms with E-state index in [9.17, 15) is 38.7 Å². The van der Waals surface area contributed by atoms with Gasteiger partial charge in [0.2, 0.25) is 35.4 Å². The first kappa shape index (κ1) is 30.2. The van der Waals surface area contributed by atoms with Crippen molar-refractivity contribution in [3.05, 3.63) is 0 Å². The van der Waals surface area contributed by atoms with Crippen LogP contribution in [0.15, 0.2) is 0 Å². The number of amides is 6. The van der Waals surface area contributed by atoms with Crippen LogP contribution < -0.4 is 38.9 Å². The second-order valence-corrected chi connectivity index (χ2v) is 7.98. The van der Waals surface area contributed by atoms with Gasteiger partial charge < -0.3 is 44.0 Å². The van der Waals surface area contributed by atoms with E-state index in [0.717, 1.165) is 0 Å². The molecule has 4 unspecified atom stereocenters. The maximum absolute atomic E-state index is 12.8. The number of carboxylic acids is 1. The summed E-state index contributed by atoms with van der Waals surface area (Å²) in [7, 11) is 0. The van der Waals surface area contributed by atoms with E-state index < -0.39 is 77.9 Å². The second-order valence-electron chi connectivity index (χ2n) is 7.98. The molecule has 0 fully saturated rings. The third-order valence-electron chi connectivity index (χ3n) is 4.61. The average Bonchev–Trinajstić information content (AvgIpc) is 2.70. The Hall–Kier alpha value is -3.75. The molecule has 0 saturated heterocycles. The Labute approximate surface area is 195 Å². The highest BCUT2D eigenvalue weighted by atomic mass is 16.4. The normalized spacial score (nSPS) is 14.2. The van der Waals surface area contributed by atoms with Gasteiger partial charge in [0.15, 0.2) is 0 Å². The molecule has 0 rings (SSSR count). The van der Waals surface area contributed by atoms with Crippen LogP contribution in [-0.2, 0) is 33.6 Å². The predicted molar refractivity (Wildman–Crippen MR) is 117 cm³/mol. The summed E-state index contributed by atoms with van der Waals surface area (Å²) in [6.07, 6.45) is -1.57. The lowest BCUT2D eigenvalue weighted by Gasteiger charge is -2.27. The summed E-state index contributed by atoms with van der Waals surface area (Å²) in [4.78, 5) is 82.2.